The largest absolute Gasteiger partial charge is 0.396 e. The van der Waals surface area contributed by atoms with E-state index in [0.29, 0.717) is 12.8 Å². The highest BCUT2D eigenvalue weighted by atomic mass is 16.3. The summed E-state index contributed by atoms with van der Waals surface area (Å²) in [6.45, 7) is 0.0236. The molecule has 0 aliphatic heterocycles. The fourth-order valence-corrected chi connectivity index (χ4v) is 1.01. The molecule has 0 spiro atoms. The number of carbonyl (C=O) groups is 1. The smallest absolute Gasteiger partial charge is 0.240 e. The molecular formula is C11H14N2O2. The van der Waals surface area contributed by atoms with Gasteiger partial charge in [-0.3, -0.25) is 4.79 Å². The van der Waals surface area contributed by atoms with E-state index in [0.717, 1.165) is 5.56 Å². The molecule has 0 saturated carbocycles. The van der Waals surface area contributed by atoms with E-state index in [9.17, 15) is 4.79 Å². The monoisotopic (exact) mass is 206 g/mol. The molecule has 0 aromatic heterocycles. The molecule has 0 bridgehead atoms. The average Bonchev–Trinajstić information content (AvgIpc) is 2.28. The number of hydrogen-bond acceptors (Lipinski definition) is 3. The molecule has 0 aliphatic carbocycles. The van der Waals surface area contributed by atoms with E-state index in [2.05, 4.69) is 10.5 Å². The maximum absolute atomic E-state index is 11.1. The number of hydrazone groups is 1. The van der Waals surface area contributed by atoms with Gasteiger partial charge in [0.05, 0.1) is 6.21 Å². The third-order valence-corrected chi connectivity index (χ3v) is 1.76. The van der Waals surface area contributed by atoms with Crippen LogP contribution in [0.15, 0.2) is 35.4 Å². The highest BCUT2D eigenvalue weighted by molar-refractivity contribution is 5.82. The van der Waals surface area contributed by atoms with Gasteiger partial charge in [-0.25, -0.2) is 5.43 Å². The Balaban J connectivity index is 2.31. The Labute approximate surface area is 88.6 Å². The molecule has 4 nitrogen and oxygen atoms in total. The molecular weight excluding hydrogens is 192 g/mol. The van der Waals surface area contributed by atoms with Crippen LogP contribution in [0, 0.1) is 0 Å². The molecule has 0 radical (unpaired) electrons. The lowest BCUT2D eigenvalue weighted by atomic mass is 10.2. The van der Waals surface area contributed by atoms with E-state index < -0.39 is 0 Å². The molecule has 1 aromatic carbocycles. The van der Waals surface area contributed by atoms with Crippen molar-refractivity contribution in [3.8, 4) is 0 Å². The van der Waals surface area contributed by atoms with E-state index in [1.165, 1.54) is 0 Å². The van der Waals surface area contributed by atoms with Gasteiger partial charge in [0, 0.05) is 13.0 Å². The maximum Gasteiger partial charge on any atom is 0.240 e. The second kappa shape index (κ2) is 6.73. The number of benzene rings is 1. The molecule has 15 heavy (non-hydrogen) atoms. The summed E-state index contributed by atoms with van der Waals surface area (Å²) in [7, 11) is 0. The van der Waals surface area contributed by atoms with E-state index in [1.54, 1.807) is 6.21 Å². The van der Waals surface area contributed by atoms with Crippen LogP contribution in [0.4, 0.5) is 0 Å². The van der Waals surface area contributed by atoms with Crippen LogP contribution < -0.4 is 5.43 Å². The molecule has 1 aromatic rings. The van der Waals surface area contributed by atoms with Gasteiger partial charge >= 0.3 is 0 Å². The van der Waals surface area contributed by atoms with Crippen molar-refractivity contribution < 1.29 is 9.90 Å². The maximum atomic E-state index is 11.1. The zero-order valence-electron chi connectivity index (χ0n) is 8.39. The van der Waals surface area contributed by atoms with Gasteiger partial charge in [-0.15, -0.1) is 0 Å². The molecule has 1 rings (SSSR count). The first-order chi connectivity index (χ1) is 7.33. The van der Waals surface area contributed by atoms with Gasteiger partial charge in [0.25, 0.3) is 0 Å². The molecule has 0 fully saturated rings. The summed E-state index contributed by atoms with van der Waals surface area (Å²) in [5.74, 6) is -0.184. The lowest BCUT2D eigenvalue weighted by Crippen LogP contribution is -2.17. The average molecular weight is 206 g/mol. The number of nitrogens with zero attached hydrogens (tertiary/aromatic N) is 1. The van der Waals surface area contributed by atoms with Gasteiger partial charge in [0.2, 0.25) is 5.91 Å². The van der Waals surface area contributed by atoms with Crippen LogP contribution in [0.2, 0.25) is 0 Å². The first-order valence-corrected chi connectivity index (χ1v) is 4.81. The van der Waals surface area contributed by atoms with Crippen LogP contribution in [0.25, 0.3) is 0 Å². The van der Waals surface area contributed by atoms with Crippen molar-refractivity contribution in [1.29, 1.82) is 0 Å². The van der Waals surface area contributed by atoms with Crippen molar-refractivity contribution in [1.82, 2.24) is 5.43 Å². The third kappa shape index (κ3) is 4.93. The highest BCUT2D eigenvalue weighted by Crippen LogP contribution is 1.93. The molecule has 4 heteroatoms. The molecule has 0 heterocycles. The number of carbonyl (C=O) groups excluding carboxylic acids is 1. The second-order valence-electron chi connectivity index (χ2n) is 3.03. The van der Waals surface area contributed by atoms with E-state index in [1.807, 2.05) is 30.3 Å². The topological polar surface area (TPSA) is 61.7 Å². The van der Waals surface area contributed by atoms with Crippen LogP contribution in [-0.2, 0) is 4.79 Å². The van der Waals surface area contributed by atoms with Gasteiger partial charge in [-0.1, -0.05) is 30.3 Å². The minimum atomic E-state index is -0.184. The Morgan fingerprint density at radius 3 is 2.80 bits per heavy atom. The van der Waals surface area contributed by atoms with Gasteiger partial charge < -0.3 is 5.11 Å². The van der Waals surface area contributed by atoms with Gasteiger partial charge in [-0.2, -0.15) is 5.10 Å². The Kier molecular flexibility index (Phi) is 5.11. The molecule has 0 saturated heterocycles. The number of aliphatic hydroxyl groups excluding tert-OH is 1. The van der Waals surface area contributed by atoms with Crippen molar-refractivity contribution in [2.45, 2.75) is 12.8 Å². The molecule has 0 atom stereocenters. The summed E-state index contributed by atoms with van der Waals surface area (Å²) in [5.41, 5.74) is 3.32. The fourth-order valence-electron chi connectivity index (χ4n) is 1.01. The molecule has 0 unspecified atom stereocenters. The standard InChI is InChI=1S/C11H14N2O2/c14-8-4-7-11(15)13-12-9-10-5-2-1-3-6-10/h1-3,5-6,9,14H,4,7-8H2,(H,13,15)/b12-9-. The molecule has 0 aliphatic rings. The predicted molar refractivity (Wildman–Crippen MR) is 58.5 cm³/mol. The summed E-state index contributed by atoms with van der Waals surface area (Å²) in [4.78, 5) is 11.1. The number of aliphatic hydroxyl groups is 1. The van der Waals surface area contributed by atoms with Crippen LogP contribution >= 0.6 is 0 Å². The lowest BCUT2D eigenvalue weighted by molar-refractivity contribution is -0.121. The van der Waals surface area contributed by atoms with Crippen molar-refractivity contribution in [3.05, 3.63) is 35.9 Å². The minimum Gasteiger partial charge on any atom is -0.396 e. The number of rotatable bonds is 5. The van der Waals surface area contributed by atoms with E-state index >= 15 is 0 Å². The zero-order valence-corrected chi connectivity index (χ0v) is 8.39. The van der Waals surface area contributed by atoms with Crippen molar-refractivity contribution >= 4 is 12.1 Å². The Morgan fingerprint density at radius 2 is 2.13 bits per heavy atom. The quantitative estimate of drug-likeness (QED) is 0.555. The third-order valence-electron chi connectivity index (χ3n) is 1.76. The lowest BCUT2D eigenvalue weighted by Gasteiger charge is -1.97. The predicted octanol–water partition coefficient (Wildman–Crippen LogP) is 0.909. The molecule has 2 N–H and O–H groups in total. The van der Waals surface area contributed by atoms with Crippen molar-refractivity contribution in [2.24, 2.45) is 5.10 Å². The van der Waals surface area contributed by atoms with Gasteiger partial charge in [-0.05, 0) is 12.0 Å². The normalized spacial score (nSPS) is 10.5. The SMILES string of the molecule is O=C(CCCO)N/N=C\c1ccccc1. The number of amides is 1. The second-order valence-corrected chi connectivity index (χ2v) is 3.03. The first-order valence-electron chi connectivity index (χ1n) is 4.81. The van der Waals surface area contributed by atoms with E-state index in [4.69, 9.17) is 5.11 Å². The summed E-state index contributed by atoms with van der Waals surface area (Å²) in [5, 5.41) is 12.3. The molecule has 80 valence electrons. The summed E-state index contributed by atoms with van der Waals surface area (Å²) < 4.78 is 0. The van der Waals surface area contributed by atoms with Crippen molar-refractivity contribution in [2.75, 3.05) is 6.61 Å². The van der Waals surface area contributed by atoms with Gasteiger partial charge in [0.1, 0.15) is 0 Å². The van der Waals surface area contributed by atoms with Gasteiger partial charge in [0.15, 0.2) is 0 Å². The summed E-state index contributed by atoms with van der Waals surface area (Å²) >= 11 is 0. The van der Waals surface area contributed by atoms with Crippen LogP contribution in [0.5, 0.6) is 0 Å². The summed E-state index contributed by atoms with van der Waals surface area (Å²) in [6, 6.07) is 9.49. The summed E-state index contributed by atoms with van der Waals surface area (Å²) in [6.07, 6.45) is 2.34. The van der Waals surface area contributed by atoms with E-state index in [-0.39, 0.29) is 12.5 Å². The van der Waals surface area contributed by atoms with Crippen LogP contribution in [0.1, 0.15) is 18.4 Å². The zero-order chi connectivity index (χ0) is 10.9. The molecule has 1 amide bonds. The minimum absolute atomic E-state index is 0.0236. The number of hydrogen-bond donors (Lipinski definition) is 2. The van der Waals surface area contributed by atoms with Crippen LogP contribution in [0.3, 0.4) is 0 Å². The Hall–Kier alpha value is -1.68. The first kappa shape index (κ1) is 11.4. The Bertz CT molecular complexity index is 323. The van der Waals surface area contributed by atoms with Crippen LogP contribution in [-0.4, -0.2) is 23.8 Å². The fraction of sp³-hybridized carbons (Fsp3) is 0.273. The Morgan fingerprint density at radius 1 is 1.40 bits per heavy atom. The van der Waals surface area contributed by atoms with Crippen molar-refractivity contribution in [3.63, 3.8) is 0 Å². The number of nitrogens with one attached hydrogen (secondary N) is 1. The highest BCUT2D eigenvalue weighted by Gasteiger charge is 1.96.